The molecule has 4 aliphatic rings. The van der Waals surface area contributed by atoms with Crippen LogP contribution in [0.2, 0.25) is 0 Å². The predicted octanol–water partition coefficient (Wildman–Crippen LogP) is 3.45. The van der Waals surface area contributed by atoms with Gasteiger partial charge in [0.25, 0.3) is 0 Å². The lowest BCUT2D eigenvalue weighted by Crippen LogP contribution is -2.61. The molecule has 1 aromatic carbocycles. The smallest absolute Gasteiger partial charge is 0.235 e. The van der Waals surface area contributed by atoms with E-state index in [1.165, 1.54) is 24.8 Å². The van der Waals surface area contributed by atoms with Crippen molar-refractivity contribution in [2.75, 3.05) is 5.32 Å². The number of rotatable bonds is 0. The van der Waals surface area contributed by atoms with Crippen LogP contribution in [0, 0.1) is 17.3 Å². The second kappa shape index (κ2) is 4.00. The van der Waals surface area contributed by atoms with Crippen molar-refractivity contribution in [3.63, 3.8) is 0 Å². The van der Waals surface area contributed by atoms with Crippen molar-refractivity contribution < 1.29 is 4.79 Å². The van der Waals surface area contributed by atoms with Gasteiger partial charge in [0, 0.05) is 17.3 Å². The minimum Gasteiger partial charge on any atom is -0.325 e. The molecule has 0 radical (unpaired) electrons. The molecule has 1 amide bonds. The van der Waals surface area contributed by atoms with Crippen molar-refractivity contribution in [1.82, 2.24) is 5.32 Å². The minimum atomic E-state index is -0.336. The number of hydrogen-bond acceptors (Lipinski definition) is 2. The predicted molar refractivity (Wildman–Crippen MR) is 91.3 cm³/mol. The van der Waals surface area contributed by atoms with Crippen molar-refractivity contribution in [3.05, 3.63) is 29.8 Å². The molecule has 5 atom stereocenters. The fourth-order valence-electron chi connectivity index (χ4n) is 6.68. The molecular formula is C20H26N2O. The van der Waals surface area contributed by atoms with Crippen LogP contribution in [-0.2, 0) is 10.2 Å². The van der Waals surface area contributed by atoms with Gasteiger partial charge in [0.1, 0.15) is 0 Å². The number of para-hydroxylation sites is 1. The fourth-order valence-corrected chi connectivity index (χ4v) is 6.68. The second-order valence-electron chi connectivity index (χ2n) is 9.08. The number of amides is 1. The summed E-state index contributed by atoms with van der Waals surface area (Å²) < 4.78 is 0. The van der Waals surface area contributed by atoms with Gasteiger partial charge in [0.15, 0.2) is 0 Å². The highest BCUT2D eigenvalue weighted by Crippen LogP contribution is 2.68. The zero-order chi connectivity index (χ0) is 16.0. The van der Waals surface area contributed by atoms with E-state index in [2.05, 4.69) is 49.6 Å². The van der Waals surface area contributed by atoms with Gasteiger partial charge in [0.2, 0.25) is 5.91 Å². The maximum absolute atomic E-state index is 13.2. The summed E-state index contributed by atoms with van der Waals surface area (Å²) in [5.74, 6) is 1.60. The quantitative estimate of drug-likeness (QED) is 0.770. The summed E-state index contributed by atoms with van der Waals surface area (Å²) in [5, 5.41) is 7.13. The largest absolute Gasteiger partial charge is 0.325 e. The van der Waals surface area contributed by atoms with Crippen LogP contribution in [0.4, 0.5) is 5.69 Å². The van der Waals surface area contributed by atoms with E-state index in [4.69, 9.17) is 0 Å². The summed E-state index contributed by atoms with van der Waals surface area (Å²) in [4.78, 5) is 13.2. The Bertz CT molecular complexity index is 711. The van der Waals surface area contributed by atoms with E-state index in [1.807, 2.05) is 6.07 Å². The average molecular weight is 310 g/mol. The normalized spacial score (nSPS) is 45.9. The van der Waals surface area contributed by atoms with Crippen molar-refractivity contribution in [1.29, 1.82) is 0 Å². The van der Waals surface area contributed by atoms with Gasteiger partial charge in [0.05, 0.1) is 5.41 Å². The second-order valence-corrected chi connectivity index (χ2v) is 9.08. The van der Waals surface area contributed by atoms with Crippen LogP contribution >= 0.6 is 0 Å². The Morgan fingerprint density at radius 2 is 1.96 bits per heavy atom. The van der Waals surface area contributed by atoms with Crippen LogP contribution in [0.3, 0.4) is 0 Å². The number of hydrogen-bond donors (Lipinski definition) is 2. The first-order chi connectivity index (χ1) is 10.9. The van der Waals surface area contributed by atoms with Gasteiger partial charge in [-0.3, -0.25) is 4.79 Å². The highest BCUT2D eigenvalue weighted by molar-refractivity contribution is 6.07. The van der Waals surface area contributed by atoms with Crippen LogP contribution < -0.4 is 10.6 Å². The zero-order valence-electron chi connectivity index (χ0n) is 14.3. The summed E-state index contributed by atoms with van der Waals surface area (Å²) in [6.45, 7) is 7.10. The van der Waals surface area contributed by atoms with E-state index < -0.39 is 0 Å². The Morgan fingerprint density at radius 3 is 2.78 bits per heavy atom. The molecule has 1 saturated heterocycles. The molecule has 1 aromatic rings. The lowest BCUT2D eigenvalue weighted by molar-refractivity contribution is -0.126. The summed E-state index contributed by atoms with van der Waals surface area (Å²) in [6.07, 6.45) is 4.63. The molecule has 122 valence electrons. The van der Waals surface area contributed by atoms with Gasteiger partial charge in [-0.25, -0.2) is 0 Å². The number of carbonyl (C=O) groups is 1. The Hall–Kier alpha value is -1.35. The minimum absolute atomic E-state index is 0.0777. The van der Waals surface area contributed by atoms with Crippen LogP contribution in [0.5, 0.6) is 0 Å². The van der Waals surface area contributed by atoms with Gasteiger partial charge in [-0.1, -0.05) is 25.1 Å². The topological polar surface area (TPSA) is 41.1 Å². The molecule has 2 N–H and O–H groups in total. The molecule has 5 rings (SSSR count). The standard InChI is InChI=1S/C20H26N2O/c1-18(2)12-8-9-19(3)14(10-12)16(22-18)11-20(19)13-6-4-5-7-15(13)21-17(20)23/h4-7,12,14,16,22H,8-11H2,1-3H3,(H,21,23)/t12-,14+,16+,19+,20-/m0/s1. The molecule has 1 spiro atoms. The number of anilines is 1. The van der Waals surface area contributed by atoms with E-state index in [0.29, 0.717) is 12.0 Å². The first-order valence-corrected chi connectivity index (χ1v) is 9.07. The molecule has 2 aliphatic carbocycles. The number of carbonyl (C=O) groups excluding carboxylic acids is 1. The van der Waals surface area contributed by atoms with Crippen molar-refractivity contribution in [3.8, 4) is 0 Å². The Morgan fingerprint density at radius 1 is 1.17 bits per heavy atom. The van der Waals surface area contributed by atoms with Gasteiger partial charge in [-0.15, -0.1) is 0 Å². The lowest BCUT2D eigenvalue weighted by atomic mass is 9.52. The molecule has 3 heteroatoms. The molecule has 2 bridgehead atoms. The SMILES string of the molecule is CC1(C)N[C@@H]2C[C@]3(C(=O)Nc4ccccc43)[C@]3(C)CC[C@H]1C[C@H]23. The zero-order valence-corrected chi connectivity index (χ0v) is 14.3. The maximum atomic E-state index is 13.2. The Labute approximate surface area is 138 Å². The van der Waals surface area contributed by atoms with Crippen LogP contribution in [0.25, 0.3) is 0 Å². The van der Waals surface area contributed by atoms with Gasteiger partial charge < -0.3 is 10.6 Å². The lowest BCUT2D eigenvalue weighted by Gasteiger charge is -2.55. The third kappa shape index (κ3) is 1.44. The summed E-state index contributed by atoms with van der Waals surface area (Å²) >= 11 is 0. The number of piperidine rings is 1. The fraction of sp³-hybridized carbons (Fsp3) is 0.650. The number of nitrogens with one attached hydrogen (secondary N) is 2. The van der Waals surface area contributed by atoms with Crippen LogP contribution in [0.1, 0.15) is 52.0 Å². The Kier molecular flexibility index (Phi) is 2.44. The molecule has 2 aliphatic heterocycles. The van der Waals surface area contributed by atoms with Crippen molar-refractivity contribution in [2.24, 2.45) is 17.3 Å². The van der Waals surface area contributed by atoms with Gasteiger partial charge in [-0.05, 0) is 68.4 Å². The first-order valence-electron chi connectivity index (χ1n) is 9.07. The Balaban J connectivity index is 1.71. The molecule has 3 fully saturated rings. The summed E-state index contributed by atoms with van der Waals surface area (Å²) in [5.41, 5.74) is 2.23. The molecule has 0 aromatic heterocycles. The molecule has 0 unspecified atom stereocenters. The molecular weight excluding hydrogens is 284 g/mol. The number of benzene rings is 1. The molecule has 3 nitrogen and oxygen atoms in total. The van der Waals surface area contributed by atoms with Crippen LogP contribution in [-0.4, -0.2) is 17.5 Å². The summed E-state index contributed by atoms with van der Waals surface area (Å²) in [7, 11) is 0. The molecule has 2 heterocycles. The summed E-state index contributed by atoms with van der Waals surface area (Å²) in [6, 6.07) is 8.84. The average Bonchev–Trinajstić information content (AvgIpc) is 2.94. The van der Waals surface area contributed by atoms with E-state index >= 15 is 0 Å². The molecule has 23 heavy (non-hydrogen) atoms. The van der Waals surface area contributed by atoms with Crippen molar-refractivity contribution >= 4 is 11.6 Å². The monoisotopic (exact) mass is 310 g/mol. The first kappa shape index (κ1) is 14.0. The van der Waals surface area contributed by atoms with Crippen molar-refractivity contribution in [2.45, 2.75) is 63.5 Å². The van der Waals surface area contributed by atoms with E-state index in [-0.39, 0.29) is 22.3 Å². The van der Waals surface area contributed by atoms with Crippen LogP contribution in [0.15, 0.2) is 24.3 Å². The third-order valence-corrected chi connectivity index (χ3v) is 7.96. The highest BCUT2D eigenvalue weighted by Gasteiger charge is 2.70. The van der Waals surface area contributed by atoms with Gasteiger partial charge in [-0.2, -0.15) is 0 Å². The highest BCUT2D eigenvalue weighted by atomic mass is 16.2. The van der Waals surface area contributed by atoms with Gasteiger partial charge >= 0.3 is 0 Å². The molecule has 2 saturated carbocycles. The van der Waals surface area contributed by atoms with E-state index in [9.17, 15) is 4.79 Å². The number of fused-ring (bicyclic) bond motifs is 4. The maximum Gasteiger partial charge on any atom is 0.235 e. The van der Waals surface area contributed by atoms with E-state index in [0.717, 1.165) is 18.0 Å². The van der Waals surface area contributed by atoms with E-state index in [1.54, 1.807) is 0 Å². The third-order valence-electron chi connectivity index (χ3n) is 7.96.